The Morgan fingerprint density at radius 2 is 2.17 bits per heavy atom. The monoisotopic (exact) mass is 252 g/mol. The average Bonchev–Trinajstić information content (AvgIpc) is 2.73. The van der Waals surface area contributed by atoms with Gasteiger partial charge in [-0.25, -0.2) is 4.98 Å². The number of hydrogen-bond donors (Lipinski definition) is 4. The lowest BCUT2D eigenvalue weighted by Gasteiger charge is -2.07. The van der Waals surface area contributed by atoms with Crippen molar-refractivity contribution >= 4 is 17.1 Å². The van der Waals surface area contributed by atoms with Gasteiger partial charge in [0.1, 0.15) is 5.82 Å². The number of nitrogens with one attached hydrogen (secondary N) is 2. The average molecular weight is 252 g/mol. The fourth-order valence-corrected chi connectivity index (χ4v) is 1.70. The molecule has 0 aromatic carbocycles. The van der Waals surface area contributed by atoms with Crippen molar-refractivity contribution < 1.29 is 4.74 Å². The predicted octanol–water partition coefficient (Wildman–Crippen LogP) is -0.345. The van der Waals surface area contributed by atoms with E-state index in [1.165, 1.54) is 0 Å². The molecule has 0 spiro atoms. The van der Waals surface area contributed by atoms with Crippen LogP contribution in [0, 0.1) is 0 Å². The molecule has 1 unspecified atom stereocenters. The Balaban J connectivity index is 2.24. The number of aromatic amines is 2. The van der Waals surface area contributed by atoms with Gasteiger partial charge in [0, 0.05) is 13.7 Å². The number of aromatic nitrogens is 4. The lowest BCUT2D eigenvalue weighted by molar-refractivity contribution is 0.190. The highest BCUT2D eigenvalue weighted by atomic mass is 16.5. The van der Waals surface area contributed by atoms with Crippen LogP contribution < -0.4 is 17.0 Å². The molecule has 0 bridgehead atoms. The highest BCUT2D eigenvalue weighted by molar-refractivity contribution is 5.70. The summed E-state index contributed by atoms with van der Waals surface area (Å²) < 4.78 is 4.95. The van der Waals surface area contributed by atoms with Gasteiger partial charge in [-0.05, 0) is 12.8 Å². The number of methoxy groups -OCH3 is 1. The molecular formula is C10H16N6O2. The number of anilines is 1. The summed E-state index contributed by atoms with van der Waals surface area (Å²) in [5.41, 5.74) is 11.6. The van der Waals surface area contributed by atoms with E-state index in [9.17, 15) is 4.79 Å². The molecule has 0 aliphatic carbocycles. The molecule has 6 N–H and O–H groups in total. The minimum absolute atomic E-state index is 0.0403. The van der Waals surface area contributed by atoms with E-state index in [1.807, 2.05) is 0 Å². The second kappa shape index (κ2) is 5.15. The van der Waals surface area contributed by atoms with Crippen molar-refractivity contribution in [2.45, 2.75) is 18.9 Å². The molecule has 2 rings (SSSR count). The Morgan fingerprint density at radius 3 is 2.89 bits per heavy atom. The van der Waals surface area contributed by atoms with E-state index in [-0.39, 0.29) is 23.2 Å². The third-order valence-corrected chi connectivity index (χ3v) is 2.61. The second-order valence-electron chi connectivity index (χ2n) is 4.01. The van der Waals surface area contributed by atoms with Gasteiger partial charge >= 0.3 is 0 Å². The molecule has 0 radical (unpaired) electrons. The van der Waals surface area contributed by atoms with Gasteiger partial charge in [-0.15, -0.1) is 0 Å². The molecule has 18 heavy (non-hydrogen) atoms. The number of rotatable bonds is 5. The fourth-order valence-electron chi connectivity index (χ4n) is 1.70. The van der Waals surface area contributed by atoms with Gasteiger partial charge in [-0.2, -0.15) is 4.98 Å². The van der Waals surface area contributed by atoms with E-state index >= 15 is 0 Å². The molecule has 0 aliphatic rings. The van der Waals surface area contributed by atoms with E-state index in [0.29, 0.717) is 24.4 Å². The smallest absolute Gasteiger partial charge is 0.278 e. The van der Waals surface area contributed by atoms with Crippen LogP contribution in [0.5, 0.6) is 0 Å². The fraction of sp³-hybridized carbons (Fsp3) is 0.500. The molecule has 2 aromatic rings. The lowest BCUT2D eigenvalue weighted by atomic mass is 10.1. The highest BCUT2D eigenvalue weighted by Gasteiger charge is 2.14. The predicted molar refractivity (Wildman–Crippen MR) is 67.0 cm³/mol. The van der Waals surface area contributed by atoms with Crippen molar-refractivity contribution in [3.63, 3.8) is 0 Å². The summed E-state index contributed by atoms with van der Waals surface area (Å²) >= 11 is 0. The summed E-state index contributed by atoms with van der Waals surface area (Å²) in [6.07, 6.45) is 1.53. The molecule has 0 fully saturated rings. The van der Waals surface area contributed by atoms with Gasteiger partial charge in [-0.1, -0.05) is 0 Å². The molecule has 0 saturated heterocycles. The zero-order chi connectivity index (χ0) is 13.1. The van der Waals surface area contributed by atoms with Crippen LogP contribution in [0.1, 0.15) is 24.7 Å². The number of fused-ring (bicyclic) bond motifs is 1. The minimum atomic E-state index is -0.347. The Labute approximate surface area is 103 Å². The number of H-pyrrole nitrogens is 2. The maximum Gasteiger partial charge on any atom is 0.278 e. The first kappa shape index (κ1) is 12.5. The van der Waals surface area contributed by atoms with Gasteiger partial charge in [-0.3, -0.25) is 9.78 Å². The summed E-state index contributed by atoms with van der Waals surface area (Å²) in [6, 6.07) is -0.282. The molecular weight excluding hydrogens is 236 g/mol. The summed E-state index contributed by atoms with van der Waals surface area (Å²) in [5, 5.41) is 0. The number of imidazole rings is 1. The first-order valence-corrected chi connectivity index (χ1v) is 5.61. The molecule has 0 saturated carbocycles. The Bertz CT molecular complexity index is 590. The van der Waals surface area contributed by atoms with Crippen LogP contribution in [-0.4, -0.2) is 33.7 Å². The lowest BCUT2D eigenvalue weighted by Crippen LogP contribution is -2.13. The van der Waals surface area contributed by atoms with Gasteiger partial charge in [0.05, 0.1) is 6.04 Å². The first-order valence-electron chi connectivity index (χ1n) is 5.61. The normalized spacial score (nSPS) is 13.0. The summed E-state index contributed by atoms with van der Waals surface area (Å²) in [5.74, 6) is 0.572. The topological polar surface area (TPSA) is 136 Å². The van der Waals surface area contributed by atoms with Crippen molar-refractivity contribution in [1.29, 1.82) is 0 Å². The molecule has 1 atom stereocenters. The number of nitrogens with zero attached hydrogens (tertiary/aromatic N) is 2. The number of hydrogen-bond acceptors (Lipinski definition) is 6. The van der Waals surface area contributed by atoms with Crippen molar-refractivity contribution in [1.82, 2.24) is 19.9 Å². The Kier molecular flexibility index (Phi) is 3.58. The maximum atomic E-state index is 11.6. The van der Waals surface area contributed by atoms with Crippen molar-refractivity contribution in [2.75, 3.05) is 19.5 Å². The maximum absolute atomic E-state index is 11.6. The van der Waals surface area contributed by atoms with E-state index < -0.39 is 0 Å². The van der Waals surface area contributed by atoms with Crippen LogP contribution in [-0.2, 0) is 4.74 Å². The van der Waals surface area contributed by atoms with Gasteiger partial charge in [0.25, 0.3) is 5.56 Å². The standard InChI is InChI=1S/C10H16N6O2/c1-18-4-2-3-5(11)7-13-6-8(14-7)15-10(12)16-9(6)17/h5H,2-4,11H2,1H3,(H4,12,13,14,15,16,17). The van der Waals surface area contributed by atoms with E-state index in [0.717, 1.165) is 6.42 Å². The molecule has 8 heteroatoms. The largest absolute Gasteiger partial charge is 0.385 e. The van der Waals surface area contributed by atoms with Crippen LogP contribution in [0.3, 0.4) is 0 Å². The van der Waals surface area contributed by atoms with Crippen LogP contribution in [0.15, 0.2) is 4.79 Å². The molecule has 0 aliphatic heterocycles. The second-order valence-corrected chi connectivity index (χ2v) is 4.01. The number of ether oxygens (including phenoxy) is 1. The zero-order valence-corrected chi connectivity index (χ0v) is 10.1. The molecule has 2 aromatic heterocycles. The SMILES string of the molecule is COCCCC(N)c1nc2nc(N)[nH]c(=O)c2[nH]1. The summed E-state index contributed by atoms with van der Waals surface area (Å²) in [6.45, 7) is 0.639. The van der Waals surface area contributed by atoms with Gasteiger partial charge in [0.15, 0.2) is 11.2 Å². The summed E-state index contributed by atoms with van der Waals surface area (Å²) in [4.78, 5) is 25.0. The van der Waals surface area contributed by atoms with Crippen molar-refractivity contribution in [3.05, 3.63) is 16.2 Å². The van der Waals surface area contributed by atoms with Crippen LogP contribution >= 0.6 is 0 Å². The van der Waals surface area contributed by atoms with Gasteiger partial charge in [0.2, 0.25) is 5.95 Å². The van der Waals surface area contributed by atoms with Crippen LogP contribution in [0.2, 0.25) is 0 Å². The third kappa shape index (κ3) is 2.49. The van der Waals surface area contributed by atoms with E-state index in [1.54, 1.807) is 7.11 Å². The molecule has 2 heterocycles. The first-order chi connectivity index (χ1) is 8.61. The summed E-state index contributed by atoms with van der Waals surface area (Å²) in [7, 11) is 1.64. The zero-order valence-electron chi connectivity index (χ0n) is 10.1. The number of nitrogens with two attached hydrogens (primary N) is 2. The highest BCUT2D eigenvalue weighted by Crippen LogP contribution is 2.14. The number of nitrogen functional groups attached to an aromatic ring is 1. The quantitative estimate of drug-likeness (QED) is 0.537. The molecule has 0 amide bonds. The van der Waals surface area contributed by atoms with Crippen LogP contribution in [0.4, 0.5) is 5.95 Å². The van der Waals surface area contributed by atoms with E-state index in [2.05, 4.69) is 19.9 Å². The van der Waals surface area contributed by atoms with Crippen molar-refractivity contribution in [2.24, 2.45) is 5.73 Å². The van der Waals surface area contributed by atoms with Gasteiger partial charge < -0.3 is 21.2 Å². The molecule has 8 nitrogen and oxygen atoms in total. The third-order valence-electron chi connectivity index (χ3n) is 2.61. The minimum Gasteiger partial charge on any atom is -0.385 e. The molecule has 98 valence electrons. The Hall–Kier alpha value is -1.93. The Morgan fingerprint density at radius 1 is 1.39 bits per heavy atom. The van der Waals surface area contributed by atoms with Crippen molar-refractivity contribution in [3.8, 4) is 0 Å². The van der Waals surface area contributed by atoms with E-state index in [4.69, 9.17) is 16.2 Å². The van der Waals surface area contributed by atoms with Crippen LogP contribution in [0.25, 0.3) is 11.2 Å².